The van der Waals surface area contributed by atoms with Gasteiger partial charge in [0.2, 0.25) is 5.91 Å². The number of amides is 1. The second-order valence-corrected chi connectivity index (χ2v) is 7.13. The summed E-state index contributed by atoms with van der Waals surface area (Å²) in [5.41, 5.74) is 3.32. The molecule has 5 heteroatoms. The van der Waals surface area contributed by atoms with E-state index in [1.165, 1.54) is 11.1 Å². The molecule has 2 aromatic carbocycles. The number of hydrogen-bond donors (Lipinski definition) is 1. The molecule has 0 saturated carbocycles. The van der Waals surface area contributed by atoms with Crippen LogP contribution in [0.1, 0.15) is 36.9 Å². The van der Waals surface area contributed by atoms with Gasteiger partial charge in [0.05, 0.1) is 6.54 Å². The normalized spacial score (nSPS) is 19.1. The molecule has 1 fully saturated rings. The lowest BCUT2D eigenvalue weighted by Crippen LogP contribution is -2.33. The summed E-state index contributed by atoms with van der Waals surface area (Å²) in [6.45, 7) is 4.64. The van der Waals surface area contributed by atoms with Crippen molar-refractivity contribution in [2.75, 3.05) is 31.6 Å². The first-order valence-corrected chi connectivity index (χ1v) is 9.75. The standard InChI is InChI=1S/C22H26N2O3/c1-2-16-5-8-18(9-6-16)23-22(25)15-24-11-3-4-19(24)17-7-10-20-21(14-17)27-13-12-26-20/h5-10,14,19H,2-4,11-13,15H2,1H3,(H,23,25)/t19-/m0/s1. The van der Waals surface area contributed by atoms with Crippen LogP contribution in [0.3, 0.4) is 0 Å². The Morgan fingerprint density at radius 3 is 2.67 bits per heavy atom. The van der Waals surface area contributed by atoms with Crippen molar-refractivity contribution in [1.82, 2.24) is 4.90 Å². The lowest BCUT2D eigenvalue weighted by atomic mass is 10.0. The second kappa shape index (κ2) is 8.01. The zero-order valence-electron chi connectivity index (χ0n) is 15.7. The lowest BCUT2D eigenvalue weighted by molar-refractivity contribution is -0.117. The number of benzene rings is 2. The molecule has 0 radical (unpaired) electrons. The summed E-state index contributed by atoms with van der Waals surface area (Å²) in [6.07, 6.45) is 3.15. The van der Waals surface area contributed by atoms with E-state index in [0.717, 1.165) is 43.0 Å². The van der Waals surface area contributed by atoms with Crippen LogP contribution in [0, 0.1) is 0 Å². The van der Waals surface area contributed by atoms with Crippen molar-refractivity contribution in [3.63, 3.8) is 0 Å². The summed E-state index contributed by atoms with van der Waals surface area (Å²) in [6, 6.07) is 14.5. The molecule has 2 aliphatic heterocycles. The number of anilines is 1. The minimum Gasteiger partial charge on any atom is -0.486 e. The number of hydrogen-bond acceptors (Lipinski definition) is 4. The molecule has 27 heavy (non-hydrogen) atoms. The van der Waals surface area contributed by atoms with Gasteiger partial charge in [-0.1, -0.05) is 25.1 Å². The van der Waals surface area contributed by atoms with Crippen molar-refractivity contribution in [3.8, 4) is 11.5 Å². The minimum absolute atomic E-state index is 0.0312. The van der Waals surface area contributed by atoms with E-state index in [-0.39, 0.29) is 11.9 Å². The van der Waals surface area contributed by atoms with Crippen LogP contribution in [0.25, 0.3) is 0 Å². The van der Waals surface area contributed by atoms with Crippen LogP contribution < -0.4 is 14.8 Å². The van der Waals surface area contributed by atoms with Crippen LogP contribution in [0.4, 0.5) is 5.69 Å². The third-order valence-electron chi connectivity index (χ3n) is 5.31. The average Bonchev–Trinajstić information content (AvgIpc) is 3.16. The number of carbonyl (C=O) groups is 1. The van der Waals surface area contributed by atoms with Crippen molar-refractivity contribution in [2.24, 2.45) is 0 Å². The fourth-order valence-electron chi connectivity index (χ4n) is 3.87. The van der Waals surface area contributed by atoms with Crippen molar-refractivity contribution >= 4 is 11.6 Å². The number of fused-ring (bicyclic) bond motifs is 1. The Morgan fingerprint density at radius 2 is 1.89 bits per heavy atom. The molecule has 0 unspecified atom stereocenters. The molecule has 0 aliphatic carbocycles. The van der Waals surface area contributed by atoms with Crippen molar-refractivity contribution < 1.29 is 14.3 Å². The molecule has 0 spiro atoms. The first kappa shape index (κ1) is 17.9. The predicted octanol–water partition coefficient (Wildman–Crippen LogP) is 3.80. The number of carbonyl (C=O) groups excluding carboxylic acids is 1. The fraction of sp³-hybridized carbons (Fsp3) is 0.409. The van der Waals surface area contributed by atoms with E-state index in [4.69, 9.17) is 9.47 Å². The molecular formula is C22H26N2O3. The SMILES string of the molecule is CCc1ccc(NC(=O)CN2CCC[C@H]2c2ccc3c(c2)OCCO3)cc1. The van der Waals surface area contributed by atoms with Gasteiger partial charge in [-0.05, 0) is 61.2 Å². The van der Waals surface area contributed by atoms with E-state index in [1.807, 2.05) is 18.2 Å². The highest BCUT2D eigenvalue weighted by Crippen LogP contribution is 2.37. The zero-order valence-corrected chi connectivity index (χ0v) is 15.7. The van der Waals surface area contributed by atoms with Crippen molar-refractivity contribution in [3.05, 3.63) is 53.6 Å². The molecule has 2 aromatic rings. The maximum Gasteiger partial charge on any atom is 0.238 e. The van der Waals surface area contributed by atoms with Gasteiger partial charge in [-0.15, -0.1) is 0 Å². The van der Waals surface area contributed by atoms with Gasteiger partial charge in [-0.3, -0.25) is 9.69 Å². The highest BCUT2D eigenvalue weighted by Gasteiger charge is 2.28. The van der Waals surface area contributed by atoms with E-state index in [9.17, 15) is 4.79 Å². The van der Waals surface area contributed by atoms with E-state index in [0.29, 0.717) is 19.8 Å². The average molecular weight is 366 g/mol. The number of nitrogens with zero attached hydrogens (tertiary/aromatic N) is 1. The molecule has 0 aromatic heterocycles. The summed E-state index contributed by atoms with van der Waals surface area (Å²) >= 11 is 0. The van der Waals surface area contributed by atoms with Crippen molar-refractivity contribution in [2.45, 2.75) is 32.2 Å². The zero-order chi connectivity index (χ0) is 18.6. The molecule has 1 N–H and O–H groups in total. The molecule has 1 atom stereocenters. The quantitative estimate of drug-likeness (QED) is 0.875. The Kier molecular flexibility index (Phi) is 5.30. The third kappa shape index (κ3) is 4.08. The van der Waals surface area contributed by atoms with Crippen LogP contribution >= 0.6 is 0 Å². The largest absolute Gasteiger partial charge is 0.486 e. The van der Waals surface area contributed by atoms with E-state index in [2.05, 4.69) is 41.4 Å². The Labute approximate surface area is 160 Å². The van der Waals surface area contributed by atoms with Crippen LogP contribution in [0.15, 0.2) is 42.5 Å². The molecular weight excluding hydrogens is 340 g/mol. The minimum atomic E-state index is 0.0312. The summed E-state index contributed by atoms with van der Waals surface area (Å²) in [7, 11) is 0. The van der Waals surface area contributed by atoms with Crippen LogP contribution in [-0.4, -0.2) is 37.1 Å². The summed E-state index contributed by atoms with van der Waals surface area (Å²) in [5, 5.41) is 3.02. The number of aryl methyl sites for hydroxylation is 1. The molecule has 2 aliphatic rings. The Hall–Kier alpha value is -2.53. The second-order valence-electron chi connectivity index (χ2n) is 7.13. The molecule has 1 saturated heterocycles. The van der Waals surface area contributed by atoms with Gasteiger partial charge in [0.25, 0.3) is 0 Å². The van der Waals surface area contributed by atoms with Gasteiger partial charge in [0.15, 0.2) is 11.5 Å². The van der Waals surface area contributed by atoms with E-state index >= 15 is 0 Å². The van der Waals surface area contributed by atoms with Gasteiger partial charge >= 0.3 is 0 Å². The van der Waals surface area contributed by atoms with E-state index < -0.39 is 0 Å². The fourth-order valence-corrected chi connectivity index (χ4v) is 3.87. The van der Waals surface area contributed by atoms with Gasteiger partial charge in [0.1, 0.15) is 13.2 Å². The highest BCUT2D eigenvalue weighted by molar-refractivity contribution is 5.92. The van der Waals surface area contributed by atoms with Gasteiger partial charge in [0, 0.05) is 11.7 Å². The number of rotatable bonds is 5. The maximum absolute atomic E-state index is 12.5. The molecule has 1 amide bonds. The van der Waals surface area contributed by atoms with Gasteiger partial charge in [-0.2, -0.15) is 0 Å². The third-order valence-corrected chi connectivity index (χ3v) is 5.31. The lowest BCUT2D eigenvalue weighted by Gasteiger charge is -2.26. The summed E-state index contributed by atoms with van der Waals surface area (Å²) in [5.74, 6) is 1.65. The Morgan fingerprint density at radius 1 is 1.11 bits per heavy atom. The summed E-state index contributed by atoms with van der Waals surface area (Å²) < 4.78 is 11.3. The number of nitrogens with one attached hydrogen (secondary N) is 1. The Balaban J connectivity index is 1.41. The predicted molar refractivity (Wildman–Crippen MR) is 105 cm³/mol. The molecule has 4 rings (SSSR count). The van der Waals surface area contributed by atoms with Crippen molar-refractivity contribution in [1.29, 1.82) is 0 Å². The smallest absolute Gasteiger partial charge is 0.238 e. The molecule has 142 valence electrons. The number of ether oxygens (including phenoxy) is 2. The van der Waals surface area contributed by atoms with Gasteiger partial charge < -0.3 is 14.8 Å². The molecule has 5 nitrogen and oxygen atoms in total. The monoisotopic (exact) mass is 366 g/mol. The van der Waals surface area contributed by atoms with E-state index in [1.54, 1.807) is 0 Å². The number of likely N-dealkylation sites (tertiary alicyclic amines) is 1. The first-order chi connectivity index (χ1) is 13.2. The molecule has 0 bridgehead atoms. The van der Waals surface area contributed by atoms with Gasteiger partial charge in [-0.25, -0.2) is 0 Å². The van der Waals surface area contributed by atoms with Crippen LogP contribution in [0.2, 0.25) is 0 Å². The summed E-state index contributed by atoms with van der Waals surface area (Å²) in [4.78, 5) is 14.8. The molecule has 2 heterocycles. The highest BCUT2D eigenvalue weighted by atomic mass is 16.6. The first-order valence-electron chi connectivity index (χ1n) is 9.75. The van der Waals surface area contributed by atoms with Crippen LogP contribution in [-0.2, 0) is 11.2 Å². The Bertz CT molecular complexity index is 804. The van der Waals surface area contributed by atoms with Crippen LogP contribution in [0.5, 0.6) is 11.5 Å². The topological polar surface area (TPSA) is 50.8 Å². The maximum atomic E-state index is 12.5.